The Hall–Kier alpha value is -0.650. The molecule has 0 aliphatic heterocycles. The van der Waals surface area contributed by atoms with Crippen molar-refractivity contribution in [3.8, 4) is 0 Å². The molecule has 0 aliphatic rings. The summed E-state index contributed by atoms with van der Waals surface area (Å²) in [5.41, 5.74) is 1.04. The van der Waals surface area contributed by atoms with Crippen LogP contribution in [0.3, 0.4) is 0 Å². The molecule has 2 N–H and O–H groups in total. The van der Waals surface area contributed by atoms with Gasteiger partial charge in [-0.05, 0) is 24.6 Å². The van der Waals surface area contributed by atoms with Crippen LogP contribution in [0.15, 0.2) is 24.3 Å². The number of nitrogens with one attached hydrogen (secondary N) is 1. The fourth-order valence-electron chi connectivity index (χ4n) is 1.51. The second-order valence-corrected chi connectivity index (χ2v) is 4.63. The van der Waals surface area contributed by atoms with Gasteiger partial charge in [-0.15, -0.1) is 0 Å². The van der Waals surface area contributed by atoms with Crippen LogP contribution in [0.2, 0.25) is 5.02 Å². The van der Waals surface area contributed by atoms with Gasteiger partial charge in [-0.3, -0.25) is 0 Å². The van der Waals surface area contributed by atoms with Gasteiger partial charge >= 0.3 is 0 Å². The summed E-state index contributed by atoms with van der Waals surface area (Å²) in [6, 6.07) is 7.47. The van der Waals surface area contributed by atoms with Crippen molar-refractivity contribution >= 4 is 11.6 Å². The highest BCUT2D eigenvalue weighted by atomic mass is 35.5. The molecule has 0 saturated heterocycles. The third kappa shape index (κ3) is 8.18. The molecule has 1 rings (SSSR count). The summed E-state index contributed by atoms with van der Waals surface area (Å²) < 4.78 is 10.6. The highest BCUT2D eigenvalue weighted by Gasteiger charge is 2.03. The SMILES string of the molecule is CCOCCNCC(O)COCc1ccc(Cl)cc1. The predicted octanol–water partition coefficient (Wildman–Crippen LogP) is 1.84. The van der Waals surface area contributed by atoms with Crippen molar-refractivity contribution in [1.29, 1.82) is 0 Å². The fraction of sp³-hybridized carbons (Fsp3) is 0.571. The Kier molecular flexibility index (Phi) is 8.79. The predicted molar refractivity (Wildman–Crippen MR) is 76.5 cm³/mol. The average Bonchev–Trinajstić information content (AvgIpc) is 2.41. The molecule has 0 amide bonds. The number of ether oxygens (including phenoxy) is 2. The Morgan fingerprint density at radius 2 is 2.00 bits per heavy atom. The van der Waals surface area contributed by atoms with Crippen LogP contribution in [0.1, 0.15) is 12.5 Å². The van der Waals surface area contributed by atoms with Crippen LogP contribution in [0.25, 0.3) is 0 Å². The van der Waals surface area contributed by atoms with Crippen LogP contribution in [0.4, 0.5) is 0 Å². The largest absolute Gasteiger partial charge is 0.389 e. The Bertz CT molecular complexity index is 332. The smallest absolute Gasteiger partial charge is 0.0897 e. The molecular weight excluding hydrogens is 266 g/mol. The summed E-state index contributed by atoms with van der Waals surface area (Å²) in [6.45, 7) is 5.37. The van der Waals surface area contributed by atoms with Gasteiger partial charge in [0.2, 0.25) is 0 Å². The minimum absolute atomic E-state index is 0.310. The van der Waals surface area contributed by atoms with Crippen molar-refractivity contribution in [3.63, 3.8) is 0 Å². The lowest BCUT2D eigenvalue weighted by Crippen LogP contribution is -2.32. The third-order valence-electron chi connectivity index (χ3n) is 2.50. The van der Waals surface area contributed by atoms with Gasteiger partial charge in [0.15, 0.2) is 0 Å². The number of aliphatic hydroxyl groups is 1. The molecule has 0 aliphatic carbocycles. The maximum absolute atomic E-state index is 9.68. The zero-order valence-corrected chi connectivity index (χ0v) is 12.0. The van der Waals surface area contributed by atoms with Crippen molar-refractivity contribution in [1.82, 2.24) is 5.32 Å². The average molecular weight is 288 g/mol. The Balaban J connectivity index is 2.03. The van der Waals surface area contributed by atoms with Gasteiger partial charge in [0.1, 0.15) is 0 Å². The van der Waals surface area contributed by atoms with E-state index in [1.165, 1.54) is 0 Å². The van der Waals surface area contributed by atoms with Gasteiger partial charge in [0, 0.05) is 24.7 Å². The van der Waals surface area contributed by atoms with Crippen LogP contribution in [-0.2, 0) is 16.1 Å². The normalized spacial score (nSPS) is 12.6. The first-order valence-corrected chi connectivity index (χ1v) is 6.89. The van der Waals surface area contributed by atoms with E-state index in [1.54, 1.807) is 0 Å². The first-order valence-electron chi connectivity index (χ1n) is 6.51. The van der Waals surface area contributed by atoms with Crippen molar-refractivity contribution in [2.45, 2.75) is 19.6 Å². The van der Waals surface area contributed by atoms with Crippen LogP contribution in [0, 0.1) is 0 Å². The summed E-state index contributed by atoms with van der Waals surface area (Å²) in [6.07, 6.45) is -0.506. The summed E-state index contributed by atoms with van der Waals surface area (Å²) in [7, 11) is 0. The van der Waals surface area contributed by atoms with Crippen molar-refractivity contribution in [2.24, 2.45) is 0 Å². The first kappa shape index (κ1) is 16.4. The molecule has 0 heterocycles. The quantitative estimate of drug-likeness (QED) is 0.645. The highest BCUT2D eigenvalue weighted by Crippen LogP contribution is 2.10. The maximum atomic E-state index is 9.68. The minimum Gasteiger partial charge on any atom is -0.389 e. The zero-order chi connectivity index (χ0) is 13.9. The van der Waals surface area contributed by atoms with E-state index < -0.39 is 6.10 Å². The van der Waals surface area contributed by atoms with Gasteiger partial charge in [-0.1, -0.05) is 23.7 Å². The second kappa shape index (κ2) is 10.2. The Labute approximate surface area is 119 Å². The molecule has 4 nitrogen and oxygen atoms in total. The number of hydrogen-bond acceptors (Lipinski definition) is 4. The molecule has 0 aromatic heterocycles. The molecule has 1 unspecified atom stereocenters. The number of halogens is 1. The summed E-state index contributed by atoms with van der Waals surface area (Å²) in [4.78, 5) is 0. The molecule has 108 valence electrons. The molecule has 19 heavy (non-hydrogen) atoms. The standard InChI is InChI=1S/C14H22ClNO3/c1-2-18-8-7-16-9-14(17)11-19-10-12-3-5-13(15)6-4-12/h3-6,14,16-17H,2,7-11H2,1H3. The number of benzene rings is 1. The van der Waals surface area contributed by atoms with Gasteiger partial charge in [-0.2, -0.15) is 0 Å². The molecule has 0 saturated carbocycles. The van der Waals surface area contributed by atoms with Gasteiger partial charge in [0.05, 0.1) is 25.9 Å². The lowest BCUT2D eigenvalue weighted by Gasteiger charge is -2.12. The van der Waals surface area contributed by atoms with Gasteiger partial charge in [0.25, 0.3) is 0 Å². The fourth-order valence-corrected chi connectivity index (χ4v) is 1.64. The van der Waals surface area contributed by atoms with E-state index in [2.05, 4.69) is 5.32 Å². The minimum atomic E-state index is -0.506. The molecule has 0 radical (unpaired) electrons. The number of aliphatic hydroxyl groups excluding tert-OH is 1. The highest BCUT2D eigenvalue weighted by molar-refractivity contribution is 6.30. The summed E-state index contributed by atoms with van der Waals surface area (Å²) in [5, 5.41) is 13.5. The van der Waals surface area contributed by atoms with E-state index in [1.807, 2.05) is 31.2 Å². The van der Waals surface area contributed by atoms with E-state index in [0.29, 0.717) is 38.0 Å². The Morgan fingerprint density at radius 3 is 2.68 bits per heavy atom. The van der Waals surface area contributed by atoms with E-state index >= 15 is 0 Å². The van der Waals surface area contributed by atoms with Gasteiger partial charge < -0.3 is 19.9 Å². The van der Waals surface area contributed by atoms with E-state index in [9.17, 15) is 5.11 Å². The monoisotopic (exact) mass is 287 g/mol. The molecule has 1 aromatic carbocycles. The molecular formula is C14H22ClNO3. The van der Waals surface area contributed by atoms with E-state index in [-0.39, 0.29) is 0 Å². The molecule has 5 heteroatoms. The molecule has 1 atom stereocenters. The summed E-state index contributed by atoms with van der Waals surface area (Å²) in [5.74, 6) is 0. The topological polar surface area (TPSA) is 50.7 Å². The Morgan fingerprint density at radius 1 is 1.26 bits per heavy atom. The van der Waals surface area contributed by atoms with Crippen molar-refractivity contribution in [3.05, 3.63) is 34.9 Å². The number of hydrogen-bond donors (Lipinski definition) is 2. The van der Waals surface area contributed by atoms with E-state index in [0.717, 1.165) is 12.1 Å². The zero-order valence-electron chi connectivity index (χ0n) is 11.3. The van der Waals surface area contributed by atoms with Crippen LogP contribution < -0.4 is 5.32 Å². The van der Waals surface area contributed by atoms with Crippen LogP contribution in [0.5, 0.6) is 0 Å². The molecule has 0 spiro atoms. The van der Waals surface area contributed by atoms with Gasteiger partial charge in [-0.25, -0.2) is 0 Å². The molecule has 1 aromatic rings. The molecule has 0 fully saturated rings. The third-order valence-corrected chi connectivity index (χ3v) is 2.75. The van der Waals surface area contributed by atoms with Crippen LogP contribution >= 0.6 is 11.6 Å². The van der Waals surface area contributed by atoms with Crippen LogP contribution in [-0.4, -0.2) is 44.1 Å². The maximum Gasteiger partial charge on any atom is 0.0897 e. The molecule has 0 bridgehead atoms. The van der Waals surface area contributed by atoms with E-state index in [4.69, 9.17) is 21.1 Å². The summed E-state index contributed by atoms with van der Waals surface area (Å²) >= 11 is 5.79. The first-order chi connectivity index (χ1) is 9.22. The second-order valence-electron chi connectivity index (χ2n) is 4.20. The van der Waals surface area contributed by atoms with Crippen molar-refractivity contribution < 1.29 is 14.6 Å². The number of rotatable bonds is 10. The lowest BCUT2D eigenvalue weighted by atomic mass is 10.2. The van der Waals surface area contributed by atoms with Crippen molar-refractivity contribution in [2.75, 3.05) is 32.9 Å². The lowest BCUT2D eigenvalue weighted by molar-refractivity contribution is 0.0279.